The van der Waals surface area contributed by atoms with Gasteiger partial charge in [0.05, 0.1) is 0 Å². The first-order chi connectivity index (χ1) is 16.0. The van der Waals surface area contributed by atoms with Crippen molar-refractivity contribution in [1.29, 1.82) is 0 Å². The molecule has 0 aromatic heterocycles. The fourth-order valence-corrected chi connectivity index (χ4v) is 6.04. The number of anilines is 2. The minimum atomic E-state index is 0.652. The number of piperidine rings is 1. The van der Waals surface area contributed by atoms with Gasteiger partial charge in [-0.25, -0.2) is 0 Å². The molecule has 1 N–H and O–H groups in total. The second-order valence-electron chi connectivity index (χ2n) is 10.2. The first kappa shape index (κ1) is 24.1. The van der Waals surface area contributed by atoms with Crippen LogP contribution < -0.4 is 10.2 Å². The highest BCUT2D eigenvalue weighted by atomic mass is 15.3. The van der Waals surface area contributed by atoms with E-state index in [2.05, 4.69) is 91.0 Å². The Kier molecular flexibility index (Phi) is 7.98. The van der Waals surface area contributed by atoms with Crippen LogP contribution in [0, 0.1) is 20.8 Å². The molecule has 4 nitrogen and oxygen atoms in total. The normalized spacial score (nSPS) is 20.9. The van der Waals surface area contributed by atoms with Crippen LogP contribution in [-0.2, 0) is 6.54 Å². The average molecular weight is 449 g/mol. The fourth-order valence-electron chi connectivity index (χ4n) is 6.04. The van der Waals surface area contributed by atoms with Crippen molar-refractivity contribution in [3.63, 3.8) is 0 Å². The van der Waals surface area contributed by atoms with Crippen LogP contribution >= 0.6 is 0 Å². The molecule has 0 aliphatic carbocycles. The lowest BCUT2D eigenvalue weighted by atomic mass is 9.96. The number of aryl methyl sites for hydroxylation is 3. The minimum absolute atomic E-state index is 0.652. The summed E-state index contributed by atoms with van der Waals surface area (Å²) in [6.45, 7) is 19.3. The van der Waals surface area contributed by atoms with E-state index in [-0.39, 0.29) is 0 Å². The molecule has 2 aromatic rings. The maximum absolute atomic E-state index is 3.48. The molecule has 180 valence electrons. The zero-order chi connectivity index (χ0) is 23.4. The van der Waals surface area contributed by atoms with Gasteiger partial charge in [-0.05, 0) is 88.9 Å². The highest BCUT2D eigenvalue weighted by molar-refractivity contribution is 5.66. The van der Waals surface area contributed by atoms with E-state index >= 15 is 0 Å². The van der Waals surface area contributed by atoms with Crippen LogP contribution in [0.3, 0.4) is 0 Å². The second-order valence-corrected chi connectivity index (χ2v) is 10.2. The quantitative estimate of drug-likeness (QED) is 0.594. The van der Waals surface area contributed by atoms with Gasteiger partial charge >= 0.3 is 0 Å². The number of hydrogen-bond acceptors (Lipinski definition) is 4. The molecular weight excluding hydrogens is 404 g/mol. The Morgan fingerprint density at radius 2 is 1.55 bits per heavy atom. The molecule has 2 aromatic carbocycles. The van der Waals surface area contributed by atoms with Gasteiger partial charge in [0, 0.05) is 56.2 Å². The van der Waals surface area contributed by atoms with Crippen LogP contribution in [0.5, 0.6) is 0 Å². The van der Waals surface area contributed by atoms with Crippen molar-refractivity contribution in [1.82, 2.24) is 9.80 Å². The molecule has 0 bridgehead atoms. The van der Waals surface area contributed by atoms with Crippen LogP contribution in [0.25, 0.3) is 0 Å². The Labute approximate surface area is 202 Å². The number of hydrogen-bond donors (Lipinski definition) is 1. The summed E-state index contributed by atoms with van der Waals surface area (Å²) in [5, 5.41) is 3.48. The zero-order valence-corrected chi connectivity index (χ0v) is 21.5. The SMILES string of the molecule is CCNc1cc(C)c(N2CCN(C3CCN(Cc4ccc(C)cc4)CC3)C(CC)C2)c(C)c1. The Bertz CT molecular complexity index is 875. The van der Waals surface area contributed by atoms with Gasteiger partial charge in [-0.2, -0.15) is 0 Å². The van der Waals surface area contributed by atoms with Gasteiger partial charge in [0.2, 0.25) is 0 Å². The maximum Gasteiger partial charge on any atom is 0.0428 e. The van der Waals surface area contributed by atoms with E-state index in [9.17, 15) is 0 Å². The fraction of sp³-hybridized carbons (Fsp3) is 0.586. The van der Waals surface area contributed by atoms with Crippen molar-refractivity contribution in [2.75, 3.05) is 49.5 Å². The Morgan fingerprint density at radius 3 is 2.15 bits per heavy atom. The van der Waals surface area contributed by atoms with E-state index in [0.29, 0.717) is 6.04 Å². The molecule has 4 heteroatoms. The van der Waals surface area contributed by atoms with E-state index < -0.39 is 0 Å². The summed E-state index contributed by atoms with van der Waals surface area (Å²) >= 11 is 0. The first-order valence-electron chi connectivity index (χ1n) is 13.1. The van der Waals surface area contributed by atoms with Crippen LogP contribution in [0.1, 0.15) is 55.4 Å². The molecular formula is C29H44N4. The third-order valence-corrected chi connectivity index (χ3v) is 7.74. The van der Waals surface area contributed by atoms with Crippen LogP contribution in [-0.4, -0.2) is 61.2 Å². The molecule has 0 radical (unpaired) electrons. The Hall–Kier alpha value is -2.04. The minimum Gasteiger partial charge on any atom is -0.385 e. The highest BCUT2D eigenvalue weighted by Gasteiger charge is 2.33. The molecule has 33 heavy (non-hydrogen) atoms. The van der Waals surface area contributed by atoms with Gasteiger partial charge in [-0.15, -0.1) is 0 Å². The molecule has 1 unspecified atom stereocenters. The monoisotopic (exact) mass is 448 g/mol. The largest absolute Gasteiger partial charge is 0.385 e. The van der Waals surface area contributed by atoms with E-state index in [1.54, 1.807) is 0 Å². The van der Waals surface area contributed by atoms with Crippen molar-refractivity contribution in [3.8, 4) is 0 Å². The maximum atomic E-state index is 3.48. The molecule has 2 fully saturated rings. The lowest BCUT2D eigenvalue weighted by molar-refractivity contribution is 0.0611. The van der Waals surface area contributed by atoms with Crippen molar-refractivity contribution < 1.29 is 0 Å². The number of benzene rings is 2. The van der Waals surface area contributed by atoms with Gasteiger partial charge in [0.25, 0.3) is 0 Å². The second kappa shape index (κ2) is 10.9. The number of rotatable bonds is 7. The van der Waals surface area contributed by atoms with Gasteiger partial charge in [0.1, 0.15) is 0 Å². The van der Waals surface area contributed by atoms with Crippen molar-refractivity contribution in [3.05, 3.63) is 58.7 Å². The number of piperazine rings is 1. The van der Waals surface area contributed by atoms with Gasteiger partial charge in [0.15, 0.2) is 0 Å². The van der Waals surface area contributed by atoms with Crippen molar-refractivity contribution in [2.24, 2.45) is 0 Å². The average Bonchev–Trinajstić information content (AvgIpc) is 2.81. The first-order valence-corrected chi connectivity index (χ1v) is 13.1. The van der Waals surface area contributed by atoms with E-state index in [4.69, 9.17) is 0 Å². The lowest BCUT2D eigenvalue weighted by Crippen LogP contribution is -2.58. The smallest absolute Gasteiger partial charge is 0.0428 e. The summed E-state index contributed by atoms with van der Waals surface area (Å²) in [5.41, 5.74) is 8.31. The zero-order valence-electron chi connectivity index (χ0n) is 21.5. The molecule has 2 heterocycles. The van der Waals surface area contributed by atoms with E-state index in [1.807, 2.05) is 0 Å². The molecule has 2 saturated heterocycles. The number of nitrogens with one attached hydrogen (secondary N) is 1. The van der Waals surface area contributed by atoms with Crippen LogP contribution in [0.15, 0.2) is 36.4 Å². The van der Waals surface area contributed by atoms with Crippen molar-refractivity contribution >= 4 is 11.4 Å². The molecule has 2 aliphatic heterocycles. The third kappa shape index (κ3) is 5.73. The summed E-state index contributed by atoms with van der Waals surface area (Å²) in [5.74, 6) is 0. The van der Waals surface area contributed by atoms with E-state index in [0.717, 1.165) is 32.2 Å². The van der Waals surface area contributed by atoms with Crippen LogP contribution in [0.2, 0.25) is 0 Å². The van der Waals surface area contributed by atoms with E-state index in [1.165, 1.54) is 72.5 Å². The third-order valence-electron chi connectivity index (χ3n) is 7.74. The highest BCUT2D eigenvalue weighted by Crippen LogP contribution is 2.32. The van der Waals surface area contributed by atoms with Gasteiger partial charge in [-0.1, -0.05) is 36.8 Å². The summed E-state index contributed by atoms with van der Waals surface area (Å²) < 4.78 is 0. The Morgan fingerprint density at radius 1 is 0.879 bits per heavy atom. The number of likely N-dealkylation sites (tertiary alicyclic amines) is 1. The lowest BCUT2D eigenvalue weighted by Gasteiger charge is -2.48. The Balaban J connectivity index is 1.35. The van der Waals surface area contributed by atoms with Gasteiger partial charge < -0.3 is 10.2 Å². The molecule has 0 saturated carbocycles. The standard InChI is InChI=1S/C29H44N4/c1-6-27-21-32(29-23(4)18-26(30-7-2)19-24(29)5)16-17-33(27)28-12-14-31(15-13-28)20-25-10-8-22(3)9-11-25/h8-11,18-19,27-28,30H,6-7,12-17,20-21H2,1-5H3. The molecule has 0 spiro atoms. The number of nitrogens with zero attached hydrogens (tertiary/aromatic N) is 3. The molecule has 1 atom stereocenters. The van der Waals surface area contributed by atoms with Crippen molar-refractivity contribution in [2.45, 2.75) is 72.5 Å². The van der Waals surface area contributed by atoms with Gasteiger partial charge in [-0.3, -0.25) is 9.80 Å². The topological polar surface area (TPSA) is 21.8 Å². The summed E-state index contributed by atoms with van der Waals surface area (Å²) in [4.78, 5) is 8.17. The summed E-state index contributed by atoms with van der Waals surface area (Å²) in [7, 11) is 0. The summed E-state index contributed by atoms with van der Waals surface area (Å²) in [6, 6.07) is 15.1. The molecule has 0 amide bonds. The summed E-state index contributed by atoms with van der Waals surface area (Å²) in [6.07, 6.45) is 3.84. The van der Waals surface area contributed by atoms with Crippen LogP contribution in [0.4, 0.5) is 11.4 Å². The predicted octanol–water partition coefficient (Wildman–Crippen LogP) is 5.61. The predicted molar refractivity (Wildman–Crippen MR) is 143 cm³/mol. The molecule has 4 rings (SSSR count). The molecule has 2 aliphatic rings.